The van der Waals surface area contributed by atoms with Crippen LogP contribution in [0, 0.1) is 0 Å². The van der Waals surface area contributed by atoms with E-state index in [1.807, 2.05) is 25.1 Å². The Morgan fingerprint density at radius 1 is 1.41 bits per heavy atom. The van der Waals surface area contributed by atoms with E-state index in [9.17, 15) is 0 Å². The number of rotatable bonds is 2. The molecule has 1 aliphatic heterocycles. The highest BCUT2D eigenvalue weighted by molar-refractivity contribution is 6.07. The van der Waals surface area contributed by atoms with Gasteiger partial charge in [-0.2, -0.15) is 0 Å². The zero-order valence-corrected chi connectivity index (χ0v) is 12.7. The van der Waals surface area contributed by atoms with Gasteiger partial charge in [-0.05, 0) is 32.0 Å². The lowest BCUT2D eigenvalue weighted by Crippen LogP contribution is -2.21. The van der Waals surface area contributed by atoms with Crippen LogP contribution in [0.5, 0.6) is 5.75 Å². The van der Waals surface area contributed by atoms with Gasteiger partial charge >= 0.3 is 0 Å². The zero-order chi connectivity index (χ0) is 15.3. The fraction of sp³-hybridized carbons (Fsp3) is 0.375. The highest BCUT2D eigenvalue weighted by Crippen LogP contribution is 2.34. The molecule has 0 fully saturated rings. The van der Waals surface area contributed by atoms with Crippen LogP contribution in [0.1, 0.15) is 25.7 Å². The summed E-state index contributed by atoms with van der Waals surface area (Å²) in [5, 5.41) is 1.02. The van der Waals surface area contributed by atoms with Crippen LogP contribution in [0.2, 0.25) is 0 Å². The molecule has 6 heteroatoms. The van der Waals surface area contributed by atoms with E-state index >= 15 is 0 Å². The standard InChI is InChI=1S/C16H18N4O2/c1-3-22-10-4-5-12-11(6-10)15-14(16(17)18-12)19-13-8-21-7-9(2)20(13)15/h4-6,9H,3,7-8H2,1-2H3,(H2,17,18)/t9-/m0/s1. The summed E-state index contributed by atoms with van der Waals surface area (Å²) in [6, 6.07) is 6.10. The summed E-state index contributed by atoms with van der Waals surface area (Å²) in [7, 11) is 0. The molecule has 3 aromatic rings. The average Bonchev–Trinajstić information content (AvgIpc) is 2.90. The molecule has 2 N–H and O–H groups in total. The summed E-state index contributed by atoms with van der Waals surface area (Å²) >= 11 is 0. The summed E-state index contributed by atoms with van der Waals surface area (Å²) in [4.78, 5) is 9.12. The van der Waals surface area contributed by atoms with Crippen molar-refractivity contribution in [2.75, 3.05) is 18.9 Å². The van der Waals surface area contributed by atoms with Crippen molar-refractivity contribution in [1.29, 1.82) is 0 Å². The molecule has 22 heavy (non-hydrogen) atoms. The first-order valence-electron chi connectivity index (χ1n) is 7.49. The monoisotopic (exact) mass is 298 g/mol. The molecule has 0 aliphatic carbocycles. The molecule has 0 saturated heterocycles. The van der Waals surface area contributed by atoms with Crippen molar-refractivity contribution in [1.82, 2.24) is 14.5 Å². The van der Waals surface area contributed by atoms with Gasteiger partial charge in [0.15, 0.2) is 5.82 Å². The Morgan fingerprint density at radius 3 is 3.09 bits per heavy atom. The fourth-order valence-corrected chi connectivity index (χ4v) is 3.13. The molecule has 114 valence electrons. The second-order valence-electron chi connectivity index (χ2n) is 5.57. The first-order valence-corrected chi connectivity index (χ1v) is 7.49. The number of hydrogen-bond acceptors (Lipinski definition) is 5. The maximum Gasteiger partial charge on any atom is 0.152 e. The molecule has 0 saturated carbocycles. The summed E-state index contributed by atoms with van der Waals surface area (Å²) < 4.78 is 13.4. The normalized spacial score (nSPS) is 17.8. The highest BCUT2D eigenvalue weighted by atomic mass is 16.5. The number of aromatic nitrogens is 3. The summed E-state index contributed by atoms with van der Waals surface area (Å²) in [6.45, 7) is 5.91. The topological polar surface area (TPSA) is 75.2 Å². The van der Waals surface area contributed by atoms with Crippen LogP contribution < -0.4 is 10.5 Å². The number of pyridine rings is 1. The van der Waals surface area contributed by atoms with Gasteiger partial charge in [-0.1, -0.05) is 0 Å². The van der Waals surface area contributed by atoms with Crippen LogP contribution in [0.25, 0.3) is 21.9 Å². The minimum Gasteiger partial charge on any atom is -0.494 e. The molecule has 1 aliphatic rings. The first-order chi connectivity index (χ1) is 10.7. The highest BCUT2D eigenvalue weighted by Gasteiger charge is 2.24. The Balaban J connectivity index is 2.11. The van der Waals surface area contributed by atoms with Crippen LogP contribution in [-0.4, -0.2) is 27.7 Å². The lowest BCUT2D eigenvalue weighted by Gasteiger charge is -2.23. The molecule has 4 rings (SSSR count). The van der Waals surface area contributed by atoms with E-state index in [4.69, 9.17) is 15.2 Å². The maximum absolute atomic E-state index is 6.12. The molecule has 0 spiro atoms. The van der Waals surface area contributed by atoms with E-state index in [0.29, 0.717) is 25.6 Å². The van der Waals surface area contributed by atoms with Gasteiger partial charge in [-0.25, -0.2) is 9.97 Å². The van der Waals surface area contributed by atoms with Crippen LogP contribution in [0.15, 0.2) is 18.2 Å². The number of benzene rings is 1. The van der Waals surface area contributed by atoms with Crippen LogP contribution in [-0.2, 0) is 11.3 Å². The van der Waals surface area contributed by atoms with Crippen molar-refractivity contribution < 1.29 is 9.47 Å². The second-order valence-corrected chi connectivity index (χ2v) is 5.57. The van der Waals surface area contributed by atoms with Gasteiger partial charge in [0.1, 0.15) is 23.7 Å². The van der Waals surface area contributed by atoms with Crippen molar-refractivity contribution >= 4 is 27.8 Å². The quantitative estimate of drug-likeness (QED) is 0.787. The number of nitrogens with two attached hydrogens (primary N) is 1. The first kappa shape index (κ1) is 13.3. The van der Waals surface area contributed by atoms with E-state index in [2.05, 4.69) is 21.5 Å². The van der Waals surface area contributed by atoms with E-state index in [0.717, 1.165) is 33.5 Å². The molecule has 0 bridgehead atoms. The number of imidazole rings is 1. The third-order valence-electron chi connectivity index (χ3n) is 4.03. The molecular formula is C16H18N4O2. The van der Waals surface area contributed by atoms with E-state index in [1.165, 1.54) is 0 Å². The van der Waals surface area contributed by atoms with Crippen molar-refractivity contribution in [2.45, 2.75) is 26.5 Å². The Hall–Kier alpha value is -2.34. The van der Waals surface area contributed by atoms with Crippen LogP contribution >= 0.6 is 0 Å². The van der Waals surface area contributed by atoms with Crippen molar-refractivity contribution in [2.24, 2.45) is 0 Å². The number of hydrogen-bond donors (Lipinski definition) is 1. The molecule has 0 radical (unpaired) electrons. The van der Waals surface area contributed by atoms with Crippen molar-refractivity contribution in [3.8, 4) is 5.75 Å². The summed E-state index contributed by atoms with van der Waals surface area (Å²) in [5.74, 6) is 2.19. The third kappa shape index (κ3) is 1.84. The molecule has 2 aromatic heterocycles. The largest absolute Gasteiger partial charge is 0.494 e. The Bertz CT molecular complexity index is 872. The number of anilines is 1. The molecule has 6 nitrogen and oxygen atoms in total. The predicted molar refractivity (Wildman–Crippen MR) is 85.0 cm³/mol. The van der Waals surface area contributed by atoms with Gasteiger partial charge in [0.25, 0.3) is 0 Å². The minimum absolute atomic E-state index is 0.217. The smallest absolute Gasteiger partial charge is 0.152 e. The van der Waals surface area contributed by atoms with Gasteiger partial charge < -0.3 is 19.8 Å². The Labute approximate surface area is 127 Å². The zero-order valence-electron chi connectivity index (χ0n) is 12.7. The number of nitrogen functional groups attached to an aromatic ring is 1. The van der Waals surface area contributed by atoms with E-state index in [-0.39, 0.29) is 6.04 Å². The van der Waals surface area contributed by atoms with Gasteiger partial charge in [-0.15, -0.1) is 0 Å². The van der Waals surface area contributed by atoms with Crippen LogP contribution in [0.4, 0.5) is 5.82 Å². The van der Waals surface area contributed by atoms with Crippen LogP contribution in [0.3, 0.4) is 0 Å². The molecule has 0 unspecified atom stereocenters. The van der Waals surface area contributed by atoms with Crippen molar-refractivity contribution in [3.05, 3.63) is 24.0 Å². The summed E-state index contributed by atoms with van der Waals surface area (Å²) in [6.07, 6.45) is 0. The molecule has 1 atom stereocenters. The summed E-state index contributed by atoms with van der Waals surface area (Å²) in [5.41, 5.74) is 8.74. The lowest BCUT2D eigenvalue weighted by molar-refractivity contribution is 0.0622. The van der Waals surface area contributed by atoms with E-state index < -0.39 is 0 Å². The number of fused-ring (bicyclic) bond motifs is 5. The Morgan fingerprint density at radius 2 is 2.27 bits per heavy atom. The minimum atomic E-state index is 0.217. The Kier molecular flexibility index (Phi) is 2.94. The van der Waals surface area contributed by atoms with Gasteiger partial charge in [0.2, 0.25) is 0 Å². The second kappa shape index (κ2) is 4.84. The SMILES string of the molecule is CCOc1ccc2nc(N)c3nc4n(c3c2c1)[C@@H](C)COC4. The third-order valence-corrected chi connectivity index (χ3v) is 4.03. The molecule has 3 heterocycles. The van der Waals surface area contributed by atoms with Gasteiger partial charge in [0.05, 0.1) is 30.3 Å². The lowest BCUT2D eigenvalue weighted by atomic mass is 10.1. The van der Waals surface area contributed by atoms with E-state index in [1.54, 1.807) is 0 Å². The van der Waals surface area contributed by atoms with Gasteiger partial charge in [-0.3, -0.25) is 0 Å². The molecule has 1 aromatic carbocycles. The molecular weight excluding hydrogens is 280 g/mol. The fourth-order valence-electron chi connectivity index (χ4n) is 3.13. The maximum atomic E-state index is 6.12. The predicted octanol–water partition coefficient (Wildman–Crippen LogP) is 2.66. The van der Waals surface area contributed by atoms with Gasteiger partial charge in [0, 0.05) is 5.39 Å². The number of ether oxygens (including phenoxy) is 2. The molecule has 0 amide bonds. The van der Waals surface area contributed by atoms with Crippen molar-refractivity contribution in [3.63, 3.8) is 0 Å². The number of nitrogens with zero attached hydrogens (tertiary/aromatic N) is 3. The average molecular weight is 298 g/mol.